The van der Waals surface area contributed by atoms with Gasteiger partial charge >= 0.3 is 11.9 Å². The number of nitrogens with one attached hydrogen (secondary N) is 2. The molecule has 1 amide bonds. The zero-order valence-electron chi connectivity index (χ0n) is 17.9. The Morgan fingerprint density at radius 1 is 1.19 bits per heavy atom. The number of methoxy groups -OCH3 is 2. The maximum atomic E-state index is 12.5. The average molecular weight is 442 g/mol. The molecule has 0 saturated heterocycles. The van der Waals surface area contributed by atoms with Crippen LogP contribution in [0.5, 0.6) is 0 Å². The third kappa shape index (κ3) is 5.52. The van der Waals surface area contributed by atoms with Crippen LogP contribution in [0.15, 0.2) is 41.5 Å². The van der Waals surface area contributed by atoms with Gasteiger partial charge < -0.3 is 29.8 Å². The first kappa shape index (κ1) is 23.0. The van der Waals surface area contributed by atoms with Gasteiger partial charge in [-0.05, 0) is 36.6 Å². The summed E-state index contributed by atoms with van der Waals surface area (Å²) in [7, 11) is 2.47. The first-order chi connectivity index (χ1) is 15.4. The minimum atomic E-state index is -0.954. The lowest BCUT2D eigenvalue weighted by molar-refractivity contribution is -0.144. The predicted molar refractivity (Wildman–Crippen MR) is 115 cm³/mol. The molecule has 2 aromatic rings. The number of carbonyl (C=O) groups excluding carboxylic acids is 3. The second-order valence-electron chi connectivity index (χ2n) is 7.25. The Morgan fingerprint density at radius 3 is 2.62 bits per heavy atom. The van der Waals surface area contributed by atoms with E-state index in [4.69, 9.17) is 4.74 Å². The molecule has 1 unspecified atom stereocenters. The van der Waals surface area contributed by atoms with Gasteiger partial charge in [0.25, 0.3) is 5.91 Å². The molecule has 1 aliphatic rings. The number of nitrogens with zero attached hydrogens (tertiary/aromatic N) is 2. The van der Waals surface area contributed by atoms with Crippen molar-refractivity contribution in [1.82, 2.24) is 15.2 Å². The molecule has 1 aliphatic heterocycles. The summed E-state index contributed by atoms with van der Waals surface area (Å²) in [6.07, 6.45) is 3.26. The van der Waals surface area contributed by atoms with E-state index in [-0.39, 0.29) is 12.8 Å². The van der Waals surface area contributed by atoms with Crippen LogP contribution >= 0.6 is 0 Å². The zero-order chi connectivity index (χ0) is 23.1. The van der Waals surface area contributed by atoms with Crippen molar-refractivity contribution in [3.8, 4) is 0 Å². The van der Waals surface area contributed by atoms with Crippen LogP contribution in [-0.4, -0.2) is 66.0 Å². The van der Waals surface area contributed by atoms with Crippen LogP contribution in [0.4, 0.5) is 5.82 Å². The van der Waals surface area contributed by atoms with Crippen LogP contribution < -0.4 is 5.32 Å². The largest absolute Gasteiger partial charge is 0.469 e. The number of hydrogen-bond donors (Lipinski definition) is 3. The van der Waals surface area contributed by atoms with Gasteiger partial charge in [-0.15, -0.1) is 0 Å². The predicted octanol–water partition coefficient (Wildman–Crippen LogP) is 1.45. The van der Waals surface area contributed by atoms with Gasteiger partial charge in [-0.3, -0.25) is 9.59 Å². The fourth-order valence-electron chi connectivity index (χ4n) is 3.32. The van der Waals surface area contributed by atoms with Gasteiger partial charge in [0.1, 0.15) is 11.9 Å². The third-order valence-corrected chi connectivity index (χ3v) is 5.21. The van der Waals surface area contributed by atoms with Crippen molar-refractivity contribution in [3.63, 3.8) is 0 Å². The Hall–Kier alpha value is -3.66. The van der Waals surface area contributed by atoms with Gasteiger partial charge in [-0.2, -0.15) is 0 Å². The van der Waals surface area contributed by atoms with E-state index in [2.05, 4.69) is 20.0 Å². The molecule has 0 radical (unpaired) electrons. The van der Waals surface area contributed by atoms with Gasteiger partial charge in [0, 0.05) is 30.3 Å². The first-order valence-corrected chi connectivity index (χ1v) is 10.1. The number of hydrogen-bond acceptors (Lipinski definition) is 8. The molecule has 0 spiro atoms. The molecule has 0 bridgehead atoms. The quantitative estimate of drug-likeness (QED) is 0.501. The first-order valence-electron chi connectivity index (χ1n) is 10.1. The van der Waals surface area contributed by atoms with Gasteiger partial charge in [0.05, 0.1) is 20.6 Å². The molecule has 0 aliphatic carbocycles. The Balaban J connectivity index is 1.55. The molecule has 0 fully saturated rings. The van der Waals surface area contributed by atoms with Crippen LogP contribution in [0.1, 0.15) is 40.6 Å². The van der Waals surface area contributed by atoms with E-state index in [0.29, 0.717) is 24.3 Å². The molecule has 10 heteroatoms. The number of rotatable bonds is 9. The summed E-state index contributed by atoms with van der Waals surface area (Å²) >= 11 is 0. The molecule has 170 valence electrons. The van der Waals surface area contributed by atoms with Crippen molar-refractivity contribution < 1.29 is 29.0 Å². The number of aliphatic hydroxyl groups is 1. The summed E-state index contributed by atoms with van der Waals surface area (Å²) in [6.45, 7) is 0.540. The maximum Gasteiger partial charge on any atom is 0.328 e. The molecule has 2 atom stereocenters. The number of H-pyrrole nitrogens is 1. The van der Waals surface area contributed by atoms with Crippen molar-refractivity contribution in [2.75, 3.05) is 20.8 Å². The van der Waals surface area contributed by atoms with E-state index in [0.717, 1.165) is 11.1 Å². The van der Waals surface area contributed by atoms with E-state index in [9.17, 15) is 19.5 Å². The molecule has 1 aromatic carbocycles. The summed E-state index contributed by atoms with van der Waals surface area (Å²) in [5.41, 5.74) is 2.07. The van der Waals surface area contributed by atoms with E-state index >= 15 is 0 Å². The standard InChI is InChI=1S/C22H26N4O6/c1-31-18(27)8-7-17(22(30)32-2)25-20(28)15-5-3-14(4-6-15)10-12-26-13-24-19-16(21(26)29)9-11-23-19/h3-6,9,11,13,17,21,23,29H,7-8,10,12H2,1-2H3,(H,25,28)/t17-,21?/m1/s1. The van der Waals surface area contributed by atoms with Crippen molar-refractivity contribution in [2.45, 2.75) is 31.5 Å². The summed E-state index contributed by atoms with van der Waals surface area (Å²) < 4.78 is 9.28. The molecule has 2 heterocycles. The number of aromatic amines is 1. The van der Waals surface area contributed by atoms with Gasteiger partial charge in [-0.1, -0.05) is 12.1 Å². The van der Waals surface area contributed by atoms with Crippen LogP contribution in [0.3, 0.4) is 0 Å². The number of benzene rings is 1. The van der Waals surface area contributed by atoms with Crippen LogP contribution in [0.2, 0.25) is 0 Å². The Kier molecular flexibility index (Phi) is 7.61. The topological polar surface area (TPSA) is 133 Å². The van der Waals surface area contributed by atoms with Gasteiger partial charge in [-0.25, -0.2) is 9.79 Å². The lowest BCUT2D eigenvalue weighted by Gasteiger charge is -2.28. The van der Waals surface area contributed by atoms with Crippen LogP contribution in [-0.2, 0) is 25.5 Å². The monoisotopic (exact) mass is 442 g/mol. The summed E-state index contributed by atoms with van der Waals surface area (Å²) in [5, 5.41) is 13.0. The fourth-order valence-corrected chi connectivity index (χ4v) is 3.32. The summed E-state index contributed by atoms with van der Waals surface area (Å²) in [6, 6.07) is 7.78. The molecular weight excluding hydrogens is 416 g/mol. The lowest BCUT2D eigenvalue weighted by atomic mass is 10.1. The molecule has 1 aromatic heterocycles. The number of aliphatic imine (C=N–C) groups is 1. The SMILES string of the molecule is COC(=O)CC[C@@H](NC(=O)c1ccc(CCN2C=Nc3[nH]ccc3C2O)cc1)C(=O)OC. The number of aromatic nitrogens is 1. The minimum absolute atomic E-state index is 0.0224. The van der Waals surface area contributed by atoms with Crippen LogP contribution in [0.25, 0.3) is 0 Å². The zero-order valence-corrected chi connectivity index (χ0v) is 17.9. The molecule has 3 N–H and O–H groups in total. The highest BCUT2D eigenvalue weighted by atomic mass is 16.5. The third-order valence-electron chi connectivity index (χ3n) is 5.21. The Bertz CT molecular complexity index is 985. The highest BCUT2D eigenvalue weighted by Gasteiger charge is 2.24. The highest BCUT2D eigenvalue weighted by molar-refractivity contribution is 5.96. The number of ether oxygens (including phenoxy) is 2. The highest BCUT2D eigenvalue weighted by Crippen LogP contribution is 2.29. The molecule has 3 rings (SSSR count). The second-order valence-corrected chi connectivity index (χ2v) is 7.25. The fraction of sp³-hybridized carbons (Fsp3) is 0.364. The Labute approximate surface area is 185 Å². The average Bonchev–Trinajstić information content (AvgIpc) is 3.30. The maximum absolute atomic E-state index is 12.5. The van der Waals surface area contributed by atoms with Crippen LogP contribution in [0, 0.1) is 0 Å². The number of fused-ring (bicyclic) bond motifs is 1. The number of amides is 1. The minimum Gasteiger partial charge on any atom is -0.469 e. The smallest absolute Gasteiger partial charge is 0.328 e. The molecule has 10 nitrogen and oxygen atoms in total. The molecular formula is C22H26N4O6. The normalized spacial score (nSPS) is 15.6. The summed E-state index contributed by atoms with van der Waals surface area (Å²) in [5.74, 6) is -0.906. The van der Waals surface area contributed by atoms with Crippen molar-refractivity contribution in [1.29, 1.82) is 0 Å². The van der Waals surface area contributed by atoms with E-state index in [1.165, 1.54) is 14.2 Å². The summed E-state index contributed by atoms with van der Waals surface area (Å²) in [4.78, 5) is 44.8. The number of esters is 2. The van der Waals surface area contributed by atoms with E-state index in [1.807, 2.05) is 12.1 Å². The second kappa shape index (κ2) is 10.6. The van der Waals surface area contributed by atoms with Crippen molar-refractivity contribution in [2.24, 2.45) is 4.99 Å². The molecule has 32 heavy (non-hydrogen) atoms. The van der Waals surface area contributed by atoms with Crippen molar-refractivity contribution in [3.05, 3.63) is 53.2 Å². The number of carbonyl (C=O) groups is 3. The van der Waals surface area contributed by atoms with Crippen molar-refractivity contribution >= 4 is 30.0 Å². The van der Waals surface area contributed by atoms with Gasteiger partial charge in [0.2, 0.25) is 0 Å². The Morgan fingerprint density at radius 2 is 1.94 bits per heavy atom. The van der Waals surface area contributed by atoms with E-state index < -0.39 is 30.1 Å². The van der Waals surface area contributed by atoms with Gasteiger partial charge in [0.15, 0.2) is 6.23 Å². The lowest BCUT2D eigenvalue weighted by Crippen LogP contribution is -2.41. The van der Waals surface area contributed by atoms with E-state index in [1.54, 1.807) is 35.6 Å². The molecule has 0 saturated carbocycles. The number of aliphatic hydroxyl groups excluding tert-OH is 1.